The Bertz CT molecular complexity index is 377. The minimum Gasteiger partial charge on any atom is -0.370 e. The Morgan fingerprint density at radius 1 is 1.44 bits per heavy atom. The Morgan fingerprint density at radius 2 is 2.19 bits per heavy atom. The lowest BCUT2D eigenvalue weighted by molar-refractivity contribution is -0.118. The number of carbonyl (C=O) groups is 2. The van der Waals surface area contributed by atoms with Crippen LogP contribution in [0.15, 0.2) is 16.3 Å². The fourth-order valence-electron chi connectivity index (χ4n) is 1.16. The van der Waals surface area contributed by atoms with Crippen LogP contribution < -0.4 is 11.1 Å². The number of thiophene rings is 1. The third-order valence-electron chi connectivity index (χ3n) is 1.94. The van der Waals surface area contributed by atoms with Gasteiger partial charge in [0, 0.05) is 23.2 Å². The number of amides is 2. The van der Waals surface area contributed by atoms with Gasteiger partial charge in [0.2, 0.25) is 5.91 Å². The van der Waals surface area contributed by atoms with Crippen molar-refractivity contribution in [3.63, 3.8) is 0 Å². The fraction of sp³-hybridized carbons (Fsp3) is 0.400. The predicted molar refractivity (Wildman–Crippen MR) is 66.9 cm³/mol. The van der Waals surface area contributed by atoms with E-state index in [-0.39, 0.29) is 11.8 Å². The topological polar surface area (TPSA) is 72.2 Å². The van der Waals surface area contributed by atoms with E-state index < -0.39 is 0 Å². The van der Waals surface area contributed by atoms with Crippen LogP contribution in [-0.2, 0) is 4.79 Å². The number of nitrogens with one attached hydrogen (secondary N) is 1. The molecule has 0 bridgehead atoms. The molecule has 0 saturated heterocycles. The maximum absolute atomic E-state index is 11.5. The van der Waals surface area contributed by atoms with Crippen LogP contribution in [-0.4, -0.2) is 18.4 Å². The molecule has 0 atom stereocenters. The van der Waals surface area contributed by atoms with Crippen molar-refractivity contribution in [3.8, 4) is 0 Å². The zero-order chi connectivity index (χ0) is 12.0. The van der Waals surface area contributed by atoms with Crippen LogP contribution in [0.2, 0.25) is 0 Å². The zero-order valence-corrected chi connectivity index (χ0v) is 10.4. The summed E-state index contributed by atoms with van der Waals surface area (Å²) in [6, 6.07) is 1.73. The van der Waals surface area contributed by atoms with Gasteiger partial charge in [-0.1, -0.05) is 0 Å². The maximum atomic E-state index is 11.5. The summed E-state index contributed by atoms with van der Waals surface area (Å²) in [5, 5.41) is 4.58. The summed E-state index contributed by atoms with van der Waals surface area (Å²) in [4.78, 5) is 23.4. The highest BCUT2D eigenvalue weighted by molar-refractivity contribution is 7.80. The lowest BCUT2D eigenvalue weighted by Gasteiger charge is -2.02. The summed E-state index contributed by atoms with van der Waals surface area (Å²) in [6.07, 6.45) is 1.83. The number of thiol groups is 1. The van der Waals surface area contributed by atoms with Crippen molar-refractivity contribution in [2.45, 2.75) is 24.2 Å². The quantitative estimate of drug-likeness (QED) is 0.533. The van der Waals surface area contributed by atoms with Crippen molar-refractivity contribution in [3.05, 3.63) is 16.3 Å². The summed E-state index contributed by atoms with van der Waals surface area (Å²) >= 11 is 5.49. The van der Waals surface area contributed by atoms with Gasteiger partial charge in [-0.25, -0.2) is 0 Å². The highest BCUT2D eigenvalue weighted by atomic mass is 32.1. The standard InChI is InChI=1S/C10H14N2O2S2/c11-9(13)3-1-2-4-12-10(14)8-5-7(15)6-16-8/h5-6,15H,1-4H2,(H2,11,13)(H,12,14). The summed E-state index contributed by atoms with van der Waals surface area (Å²) < 4.78 is 0. The largest absolute Gasteiger partial charge is 0.370 e. The van der Waals surface area contributed by atoms with Crippen LogP contribution in [0, 0.1) is 0 Å². The molecule has 0 aliphatic heterocycles. The van der Waals surface area contributed by atoms with Crippen LogP contribution in [0.25, 0.3) is 0 Å². The molecule has 1 aromatic rings. The van der Waals surface area contributed by atoms with Crippen molar-refractivity contribution in [1.29, 1.82) is 0 Å². The lowest BCUT2D eigenvalue weighted by atomic mass is 10.2. The van der Waals surface area contributed by atoms with Gasteiger partial charge in [0.1, 0.15) is 0 Å². The first-order valence-electron chi connectivity index (χ1n) is 4.93. The molecule has 0 saturated carbocycles. The molecular weight excluding hydrogens is 244 g/mol. The summed E-state index contributed by atoms with van der Waals surface area (Å²) in [5.74, 6) is -0.395. The number of hydrogen-bond acceptors (Lipinski definition) is 4. The zero-order valence-electron chi connectivity index (χ0n) is 8.73. The third-order valence-corrected chi connectivity index (χ3v) is 3.31. The average molecular weight is 258 g/mol. The minimum absolute atomic E-state index is 0.0932. The van der Waals surface area contributed by atoms with E-state index in [0.717, 1.165) is 11.3 Å². The van der Waals surface area contributed by atoms with E-state index in [1.54, 1.807) is 6.07 Å². The van der Waals surface area contributed by atoms with Crippen LogP contribution >= 0.6 is 24.0 Å². The van der Waals surface area contributed by atoms with Gasteiger partial charge in [-0.3, -0.25) is 9.59 Å². The molecule has 0 aliphatic rings. The molecule has 0 aromatic carbocycles. The molecule has 0 spiro atoms. The molecule has 1 rings (SSSR count). The highest BCUT2D eigenvalue weighted by Gasteiger charge is 2.06. The molecule has 1 aromatic heterocycles. The Kier molecular flexibility index (Phi) is 5.34. The average Bonchev–Trinajstić information content (AvgIpc) is 2.63. The molecule has 3 N–H and O–H groups in total. The number of hydrogen-bond donors (Lipinski definition) is 3. The van der Waals surface area contributed by atoms with Gasteiger partial charge in [0.25, 0.3) is 5.91 Å². The first-order chi connectivity index (χ1) is 7.59. The molecule has 1 heterocycles. The summed E-state index contributed by atoms with van der Waals surface area (Å²) in [6.45, 7) is 0.561. The summed E-state index contributed by atoms with van der Waals surface area (Å²) in [7, 11) is 0. The van der Waals surface area contributed by atoms with Crippen molar-refractivity contribution in [1.82, 2.24) is 5.32 Å². The van der Waals surface area contributed by atoms with Crippen molar-refractivity contribution >= 4 is 35.8 Å². The number of nitrogens with two attached hydrogens (primary N) is 1. The molecule has 2 amide bonds. The van der Waals surface area contributed by atoms with E-state index in [2.05, 4.69) is 17.9 Å². The van der Waals surface area contributed by atoms with Gasteiger partial charge in [-0.2, -0.15) is 0 Å². The van der Waals surface area contributed by atoms with Crippen molar-refractivity contribution < 1.29 is 9.59 Å². The Hall–Kier alpha value is -1.01. The van der Waals surface area contributed by atoms with E-state index in [1.807, 2.05) is 5.38 Å². The van der Waals surface area contributed by atoms with Crippen LogP contribution in [0.5, 0.6) is 0 Å². The van der Waals surface area contributed by atoms with Gasteiger partial charge < -0.3 is 11.1 Å². The minimum atomic E-state index is -0.302. The molecule has 0 unspecified atom stereocenters. The smallest absolute Gasteiger partial charge is 0.261 e. The second-order valence-electron chi connectivity index (χ2n) is 3.35. The van der Waals surface area contributed by atoms with E-state index in [9.17, 15) is 9.59 Å². The molecular formula is C10H14N2O2S2. The predicted octanol–water partition coefficient (Wildman–Crippen LogP) is 1.42. The van der Waals surface area contributed by atoms with Crippen LogP contribution in [0.1, 0.15) is 28.9 Å². The summed E-state index contributed by atoms with van der Waals surface area (Å²) in [5.41, 5.74) is 5.00. The highest BCUT2D eigenvalue weighted by Crippen LogP contribution is 2.17. The second-order valence-corrected chi connectivity index (χ2v) is 4.78. The molecule has 0 radical (unpaired) electrons. The van der Waals surface area contributed by atoms with E-state index in [4.69, 9.17) is 5.73 Å². The number of carbonyl (C=O) groups excluding carboxylic acids is 2. The second kappa shape index (κ2) is 6.55. The number of rotatable bonds is 6. The first-order valence-corrected chi connectivity index (χ1v) is 6.26. The van der Waals surface area contributed by atoms with Crippen molar-refractivity contribution in [2.24, 2.45) is 5.73 Å². The molecule has 6 heteroatoms. The lowest BCUT2D eigenvalue weighted by Crippen LogP contribution is -2.23. The van der Waals surface area contributed by atoms with Gasteiger partial charge in [0.15, 0.2) is 0 Å². The van der Waals surface area contributed by atoms with E-state index in [1.165, 1.54) is 11.3 Å². The van der Waals surface area contributed by atoms with Crippen LogP contribution in [0.4, 0.5) is 0 Å². The van der Waals surface area contributed by atoms with Crippen LogP contribution in [0.3, 0.4) is 0 Å². The van der Waals surface area contributed by atoms with Gasteiger partial charge >= 0.3 is 0 Å². The van der Waals surface area contributed by atoms with Gasteiger partial charge in [-0.15, -0.1) is 24.0 Å². The Labute approximate surface area is 104 Å². The monoisotopic (exact) mass is 258 g/mol. The Morgan fingerprint density at radius 3 is 2.75 bits per heavy atom. The molecule has 0 aliphatic carbocycles. The number of primary amides is 1. The first kappa shape index (κ1) is 13.1. The van der Waals surface area contributed by atoms with E-state index >= 15 is 0 Å². The number of unbranched alkanes of at least 4 members (excludes halogenated alkanes) is 1. The van der Waals surface area contributed by atoms with Gasteiger partial charge in [0.05, 0.1) is 4.88 Å². The molecule has 88 valence electrons. The Balaban J connectivity index is 2.18. The van der Waals surface area contributed by atoms with E-state index in [0.29, 0.717) is 24.3 Å². The van der Waals surface area contributed by atoms with Gasteiger partial charge in [-0.05, 0) is 18.9 Å². The normalized spacial score (nSPS) is 10.1. The fourth-order valence-corrected chi connectivity index (χ4v) is 2.22. The van der Waals surface area contributed by atoms with Crippen molar-refractivity contribution in [2.75, 3.05) is 6.54 Å². The molecule has 4 nitrogen and oxygen atoms in total. The maximum Gasteiger partial charge on any atom is 0.261 e. The molecule has 0 fully saturated rings. The third kappa shape index (κ3) is 4.67. The molecule has 16 heavy (non-hydrogen) atoms. The SMILES string of the molecule is NC(=O)CCCCNC(=O)c1cc(S)cs1.